The highest BCUT2D eigenvalue weighted by molar-refractivity contribution is 9.12. The van der Waals surface area contributed by atoms with Crippen LogP contribution in [0.1, 0.15) is 16.8 Å². The number of nitrogens with one attached hydrogen (secondary N) is 2. The highest BCUT2D eigenvalue weighted by Crippen LogP contribution is 2.31. The van der Waals surface area contributed by atoms with Gasteiger partial charge in [-0.2, -0.15) is 0 Å². The zero-order valence-electron chi connectivity index (χ0n) is 8.96. The van der Waals surface area contributed by atoms with Crippen LogP contribution >= 0.6 is 55.6 Å². The topological polar surface area (TPSA) is 41.1 Å². The molecule has 96 valence electrons. The first-order chi connectivity index (χ1) is 7.66. The van der Waals surface area contributed by atoms with E-state index in [0.717, 1.165) is 33.6 Å². The number of rotatable bonds is 3. The van der Waals surface area contributed by atoms with E-state index in [-0.39, 0.29) is 18.3 Å². The second-order valence-corrected chi connectivity index (χ2v) is 7.56. The lowest BCUT2D eigenvalue weighted by molar-refractivity contribution is 0.0948. The van der Waals surface area contributed by atoms with E-state index in [4.69, 9.17) is 0 Å². The fourth-order valence-electron chi connectivity index (χ4n) is 1.72. The molecule has 2 heterocycles. The van der Waals surface area contributed by atoms with Gasteiger partial charge in [0.05, 0.1) is 13.1 Å². The van der Waals surface area contributed by atoms with Crippen molar-refractivity contribution in [2.45, 2.75) is 6.42 Å². The smallest absolute Gasteiger partial charge is 0.253 e. The predicted octanol–water partition coefficient (Wildman–Crippen LogP) is 3.03. The van der Waals surface area contributed by atoms with Crippen molar-refractivity contribution < 1.29 is 4.79 Å². The van der Waals surface area contributed by atoms with Crippen molar-refractivity contribution in [3.63, 3.8) is 0 Å². The lowest BCUT2D eigenvalue weighted by Gasteiger charge is -2.09. The molecular weight excluding hydrogens is 391 g/mol. The first-order valence-corrected chi connectivity index (χ1v) is 7.51. The number of carbonyl (C=O) groups excluding carboxylic acids is 1. The lowest BCUT2D eigenvalue weighted by Crippen LogP contribution is -2.30. The molecule has 1 unspecified atom stereocenters. The summed E-state index contributed by atoms with van der Waals surface area (Å²) in [7, 11) is 0. The standard InChI is InChI=1S/C10H12Br2N2OS.ClH/c11-8-3-7(9(12)16-8)10(15)14-5-6-1-2-13-4-6;/h3,6,13H,1-2,4-5H2,(H,14,15);1H. The molecule has 0 aromatic carbocycles. The fraction of sp³-hybridized carbons (Fsp3) is 0.500. The Bertz CT molecular complexity index is 394. The first kappa shape index (κ1) is 15.4. The zero-order chi connectivity index (χ0) is 11.5. The van der Waals surface area contributed by atoms with Gasteiger partial charge >= 0.3 is 0 Å². The molecule has 1 atom stereocenters. The van der Waals surface area contributed by atoms with E-state index in [2.05, 4.69) is 42.5 Å². The van der Waals surface area contributed by atoms with Crippen molar-refractivity contribution in [1.82, 2.24) is 10.6 Å². The third-order valence-corrected chi connectivity index (χ3v) is 4.95. The maximum Gasteiger partial charge on any atom is 0.253 e. The molecule has 0 bridgehead atoms. The van der Waals surface area contributed by atoms with Crippen LogP contribution in [-0.4, -0.2) is 25.5 Å². The van der Waals surface area contributed by atoms with Crippen molar-refractivity contribution in [3.05, 3.63) is 19.2 Å². The SMILES string of the molecule is Cl.O=C(NCC1CCNC1)c1cc(Br)sc1Br. The second kappa shape index (κ2) is 7.09. The van der Waals surface area contributed by atoms with Gasteiger partial charge in [0.1, 0.15) is 0 Å². The van der Waals surface area contributed by atoms with Gasteiger partial charge < -0.3 is 10.6 Å². The van der Waals surface area contributed by atoms with E-state index >= 15 is 0 Å². The van der Waals surface area contributed by atoms with Gasteiger partial charge in [0.15, 0.2) is 0 Å². The molecule has 1 saturated heterocycles. The molecular formula is C10H13Br2ClN2OS. The molecule has 1 aromatic rings. The van der Waals surface area contributed by atoms with Crippen molar-refractivity contribution in [2.75, 3.05) is 19.6 Å². The Labute approximate surface area is 127 Å². The average Bonchev–Trinajstić information content (AvgIpc) is 2.84. The Morgan fingerprint density at radius 1 is 1.59 bits per heavy atom. The van der Waals surface area contributed by atoms with Gasteiger partial charge in [0.2, 0.25) is 0 Å². The van der Waals surface area contributed by atoms with Crippen molar-refractivity contribution in [2.24, 2.45) is 5.92 Å². The van der Waals surface area contributed by atoms with Gasteiger partial charge in [-0.1, -0.05) is 0 Å². The molecule has 1 fully saturated rings. The monoisotopic (exact) mass is 402 g/mol. The lowest BCUT2D eigenvalue weighted by atomic mass is 10.1. The summed E-state index contributed by atoms with van der Waals surface area (Å²) in [6, 6.07) is 1.84. The van der Waals surface area contributed by atoms with Gasteiger partial charge in [0.25, 0.3) is 5.91 Å². The average molecular weight is 405 g/mol. The van der Waals surface area contributed by atoms with E-state index < -0.39 is 0 Å². The summed E-state index contributed by atoms with van der Waals surface area (Å²) in [5.41, 5.74) is 0.711. The third-order valence-electron chi connectivity index (χ3n) is 2.61. The largest absolute Gasteiger partial charge is 0.352 e. The number of hydrogen-bond donors (Lipinski definition) is 2. The summed E-state index contributed by atoms with van der Waals surface area (Å²) in [6.07, 6.45) is 1.15. The van der Waals surface area contributed by atoms with E-state index in [1.54, 1.807) is 0 Å². The van der Waals surface area contributed by atoms with E-state index in [1.807, 2.05) is 6.07 Å². The molecule has 0 aliphatic carbocycles. The molecule has 7 heteroatoms. The maximum atomic E-state index is 11.9. The normalized spacial score (nSPS) is 18.8. The maximum absolute atomic E-state index is 11.9. The van der Waals surface area contributed by atoms with E-state index in [1.165, 1.54) is 11.3 Å². The molecule has 0 radical (unpaired) electrons. The summed E-state index contributed by atoms with van der Waals surface area (Å²) in [6.45, 7) is 2.83. The minimum absolute atomic E-state index is 0. The van der Waals surface area contributed by atoms with Crippen LogP contribution in [0.4, 0.5) is 0 Å². The van der Waals surface area contributed by atoms with Crippen LogP contribution in [0.25, 0.3) is 0 Å². The summed E-state index contributed by atoms with van der Waals surface area (Å²) in [5, 5.41) is 6.26. The molecule has 17 heavy (non-hydrogen) atoms. The molecule has 3 nitrogen and oxygen atoms in total. The van der Waals surface area contributed by atoms with Crippen molar-refractivity contribution in [1.29, 1.82) is 0 Å². The Morgan fingerprint density at radius 3 is 2.88 bits per heavy atom. The number of thiophene rings is 1. The van der Waals surface area contributed by atoms with Crippen LogP contribution in [0.5, 0.6) is 0 Å². The Hall–Kier alpha value is 0.380. The van der Waals surface area contributed by atoms with Gasteiger partial charge in [-0.25, -0.2) is 0 Å². The number of hydrogen-bond acceptors (Lipinski definition) is 3. The second-order valence-electron chi connectivity index (χ2n) is 3.81. The predicted molar refractivity (Wildman–Crippen MR) is 80.3 cm³/mol. The fourth-order valence-corrected chi connectivity index (χ4v) is 4.51. The van der Waals surface area contributed by atoms with Gasteiger partial charge in [0, 0.05) is 6.54 Å². The van der Waals surface area contributed by atoms with Gasteiger partial charge in [-0.15, -0.1) is 23.7 Å². The number of amides is 1. The van der Waals surface area contributed by atoms with Gasteiger partial charge in [-0.05, 0) is 63.4 Å². The third kappa shape index (κ3) is 4.21. The summed E-state index contributed by atoms with van der Waals surface area (Å²) in [5.74, 6) is 0.575. The zero-order valence-corrected chi connectivity index (χ0v) is 13.8. The van der Waals surface area contributed by atoms with Crippen LogP contribution < -0.4 is 10.6 Å². The van der Waals surface area contributed by atoms with Crippen LogP contribution in [0.2, 0.25) is 0 Å². The first-order valence-electron chi connectivity index (χ1n) is 5.10. The van der Waals surface area contributed by atoms with Gasteiger partial charge in [-0.3, -0.25) is 4.79 Å². The molecule has 0 saturated carbocycles. The van der Waals surface area contributed by atoms with Crippen molar-refractivity contribution >= 4 is 61.5 Å². The molecule has 1 aromatic heterocycles. The number of carbonyl (C=O) groups is 1. The van der Waals surface area contributed by atoms with Crippen molar-refractivity contribution in [3.8, 4) is 0 Å². The van der Waals surface area contributed by atoms with Crippen LogP contribution in [-0.2, 0) is 0 Å². The molecule has 1 amide bonds. The highest BCUT2D eigenvalue weighted by atomic mass is 79.9. The van der Waals surface area contributed by atoms with Crippen LogP contribution in [0.15, 0.2) is 13.6 Å². The minimum Gasteiger partial charge on any atom is -0.352 e. The Balaban J connectivity index is 0.00000144. The quantitative estimate of drug-likeness (QED) is 0.813. The molecule has 1 aliphatic heterocycles. The summed E-state index contributed by atoms with van der Waals surface area (Å²) >= 11 is 8.27. The van der Waals surface area contributed by atoms with E-state index in [0.29, 0.717) is 11.5 Å². The molecule has 1 aliphatic rings. The Morgan fingerprint density at radius 2 is 2.35 bits per heavy atom. The van der Waals surface area contributed by atoms with Crippen LogP contribution in [0, 0.1) is 5.92 Å². The summed E-state index contributed by atoms with van der Waals surface area (Å²) in [4.78, 5) is 11.9. The Kier molecular flexibility index (Phi) is 6.44. The van der Waals surface area contributed by atoms with E-state index in [9.17, 15) is 4.79 Å². The summed E-state index contributed by atoms with van der Waals surface area (Å²) < 4.78 is 1.84. The minimum atomic E-state index is 0. The highest BCUT2D eigenvalue weighted by Gasteiger charge is 2.17. The molecule has 2 N–H and O–H groups in total. The number of halogens is 3. The van der Waals surface area contributed by atoms with Crippen LogP contribution in [0.3, 0.4) is 0 Å². The molecule has 2 rings (SSSR count). The molecule has 0 spiro atoms.